The molecule has 1 N–H and O–H groups in total. The minimum Gasteiger partial charge on any atom is -0.284 e. The number of hydrogen-bond acceptors (Lipinski definition) is 4. The molecule has 0 aromatic heterocycles. The summed E-state index contributed by atoms with van der Waals surface area (Å²) in [6, 6.07) is 17.0. The first kappa shape index (κ1) is 20.6. The second kappa shape index (κ2) is 8.60. The third kappa shape index (κ3) is 4.73. The molecule has 0 spiro atoms. The number of anilines is 1. The molecule has 158 valence electrons. The van der Waals surface area contributed by atoms with Gasteiger partial charge < -0.3 is 0 Å². The van der Waals surface area contributed by atoms with Crippen LogP contribution >= 0.6 is 0 Å². The first-order chi connectivity index (χ1) is 14.4. The Hall–Kier alpha value is -2.67. The van der Waals surface area contributed by atoms with E-state index in [0.29, 0.717) is 12.1 Å². The highest BCUT2D eigenvalue weighted by Crippen LogP contribution is 2.36. The molecule has 2 aromatic rings. The van der Waals surface area contributed by atoms with Crippen molar-refractivity contribution < 1.29 is 13.2 Å². The molecule has 7 heteroatoms. The minimum atomic E-state index is -3.36. The second-order valence-corrected chi connectivity index (χ2v) is 9.90. The van der Waals surface area contributed by atoms with E-state index in [2.05, 4.69) is 4.72 Å². The van der Waals surface area contributed by atoms with Gasteiger partial charge in [-0.1, -0.05) is 61.7 Å². The van der Waals surface area contributed by atoms with Crippen molar-refractivity contribution in [1.82, 2.24) is 5.01 Å². The summed E-state index contributed by atoms with van der Waals surface area (Å²) in [6.45, 7) is 0. The van der Waals surface area contributed by atoms with Crippen LogP contribution in [0.2, 0.25) is 0 Å². The van der Waals surface area contributed by atoms with Crippen LogP contribution in [0.1, 0.15) is 55.7 Å². The summed E-state index contributed by atoms with van der Waals surface area (Å²) in [5, 5.41) is 6.43. The lowest BCUT2D eigenvalue weighted by molar-refractivity contribution is -0.138. The third-order valence-corrected chi connectivity index (χ3v) is 6.38. The van der Waals surface area contributed by atoms with Gasteiger partial charge in [0.1, 0.15) is 0 Å². The third-order valence-electron chi connectivity index (χ3n) is 5.77. The fourth-order valence-electron chi connectivity index (χ4n) is 4.34. The van der Waals surface area contributed by atoms with Crippen LogP contribution in [0.25, 0.3) is 0 Å². The highest BCUT2D eigenvalue weighted by molar-refractivity contribution is 7.92. The Balaban J connectivity index is 1.65. The molecule has 1 unspecified atom stereocenters. The van der Waals surface area contributed by atoms with Crippen LogP contribution in [-0.4, -0.2) is 31.3 Å². The van der Waals surface area contributed by atoms with Crippen LogP contribution in [-0.2, 0) is 14.8 Å². The van der Waals surface area contributed by atoms with E-state index < -0.39 is 10.0 Å². The summed E-state index contributed by atoms with van der Waals surface area (Å²) in [5.74, 6) is 0.135. The van der Waals surface area contributed by atoms with Crippen molar-refractivity contribution >= 4 is 27.3 Å². The first-order valence-corrected chi connectivity index (χ1v) is 12.3. The lowest BCUT2D eigenvalue weighted by atomic mass is 9.88. The maximum absolute atomic E-state index is 13.3. The second-order valence-electron chi connectivity index (χ2n) is 8.15. The van der Waals surface area contributed by atoms with Crippen LogP contribution in [0.15, 0.2) is 59.7 Å². The SMILES string of the molecule is CS(=O)(=O)Nc1cccc(C2=NN(C(=O)C3CCCCC3)C(c3ccccc3)C2)c1. The molecular formula is C23H27N3O3S. The van der Waals surface area contributed by atoms with Crippen LogP contribution in [0, 0.1) is 5.92 Å². The van der Waals surface area contributed by atoms with Gasteiger partial charge in [0.15, 0.2) is 0 Å². The van der Waals surface area contributed by atoms with Crippen molar-refractivity contribution in [1.29, 1.82) is 0 Å². The van der Waals surface area contributed by atoms with Gasteiger partial charge in [-0.15, -0.1) is 0 Å². The van der Waals surface area contributed by atoms with Gasteiger partial charge >= 0.3 is 0 Å². The zero-order valence-corrected chi connectivity index (χ0v) is 17.9. The van der Waals surface area contributed by atoms with E-state index in [0.717, 1.165) is 48.8 Å². The van der Waals surface area contributed by atoms with E-state index in [1.807, 2.05) is 36.4 Å². The minimum absolute atomic E-state index is 0.0336. The van der Waals surface area contributed by atoms with E-state index in [1.54, 1.807) is 23.2 Å². The van der Waals surface area contributed by atoms with E-state index in [1.165, 1.54) is 6.42 Å². The highest BCUT2D eigenvalue weighted by Gasteiger charge is 2.36. The lowest BCUT2D eigenvalue weighted by Gasteiger charge is -2.28. The Kier molecular flexibility index (Phi) is 5.90. The number of sulfonamides is 1. The van der Waals surface area contributed by atoms with Crippen LogP contribution in [0.4, 0.5) is 5.69 Å². The molecule has 1 saturated carbocycles. The van der Waals surface area contributed by atoms with Crippen molar-refractivity contribution in [3.8, 4) is 0 Å². The Morgan fingerprint density at radius 1 is 1.03 bits per heavy atom. The molecule has 1 amide bonds. The van der Waals surface area contributed by atoms with Gasteiger partial charge in [0.05, 0.1) is 18.0 Å². The monoisotopic (exact) mass is 425 g/mol. The van der Waals surface area contributed by atoms with Crippen molar-refractivity contribution in [2.45, 2.75) is 44.6 Å². The predicted octanol–water partition coefficient (Wildman–Crippen LogP) is 4.32. The Morgan fingerprint density at radius 2 is 1.77 bits per heavy atom. The van der Waals surface area contributed by atoms with Gasteiger partial charge in [-0.3, -0.25) is 9.52 Å². The van der Waals surface area contributed by atoms with Gasteiger partial charge in [0, 0.05) is 18.0 Å². The number of hydrazone groups is 1. The average Bonchev–Trinajstić information content (AvgIpc) is 3.19. The number of nitrogens with zero attached hydrogens (tertiary/aromatic N) is 2. The normalized spacial score (nSPS) is 20.1. The topological polar surface area (TPSA) is 78.8 Å². The number of rotatable bonds is 5. The van der Waals surface area contributed by atoms with E-state index in [9.17, 15) is 13.2 Å². The van der Waals surface area contributed by atoms with E-state index in [4.69, 9.17) is 5.10 Å². The van der Waals surface area contributed by atoms with E-state index in [-0.39, 0.29) is 17.9 Å². The zero-order valence-electron chi connectivity index (χ0n) is 17.1. The van der Waals surface area contributed by atoms with E-state index >= 15 is 0 Å². The van der Waals surface area contributed by atoms with Gasteiger partial charge in [-0.2, -0.15) is 5.10 Å². The molecular weight excluding hydrogens is 398 g/mol. The molecule has 0 bridgehead atoms. The maximum atomic E-state index is 13.3. The van der Waals surface area contributed by atoms with Crippen LogP contribution in [0.3, 0.4) is 0 Å². The van der Waals surface area contributed by atoms with Gasteiger partial charge in [0.2, 0.25) is 15.9 Å². The molecule has 6 nitrogen and oxygen atoms in total. The zero-order chi connectivity index (χ0) is 21.1. The quantitative estimate of drug-likeness (QED) is 0.775. The highest BCUT2D eigenvalue weighted by atomic mass is 32.2. The fraction of sp³-hybridized carbons (Fsp3) is 0.391. The molecule has 1 fully saturated rings. The molecule has 0 radical (unpaired) electrons. The molecule has 1 heterocycles. The summed E-state index contributed by atoms with van der Waals surface area (Å²) >= 11 is 0. The maximum Gasteiger partial charge on any atom is 0.246 e. The molecule has 2 aromatic carbocycles. The van der Waals surface area contributed by atoms with Gasteiger partial charge in [-0.05, 0) is 36.1 Å². The summed E-state index contributed by atoms with van der Waals surface area (Å²) < 4.78 is 25.7. The standard InChI is InChI=1S/C23H27N3O3S/c1-30(28,29)25-20-14-8-13-19(15-20)21-16-22(17-9-4-2-5-10-17)26(24-21)23(27)18-11-6-3-7-12-18/h2,4-5,8-10,13-15,18,22,25H,3,6-7,11-12,16H2,1H3. The van der Waals surface area contributed by atoms with Gasteiger partial charge in [-0.25, -0.2) is 13.4 Å². The Bertz CT molecular complexity index is 1040. The number of nitrogens with one attached hydrogen (secondary N) is 1. The first-order valence-electron chi connectivity index (χ1n) is 10.4. The number of carbonyl (C=O) groups excluding carboxylic acids is 1. The summed E-state index contributed by atoms with van der Waals surface area (Å²) in [5.41, 5.74) is 3.17. The van der Waals surface area contributed by atoms with Crippen LogP contribution in [0.5, 0.6) is 0 Å². The Labute approximate surface area is 178 Å². The smallest absolute Gasteiger partial charge is 0.246 e. The molecule has 30 heavy (non-hydrogen) atoms. The largest absolute Gasteiger partial charge is 0.284 e. The van der Waals surface area contributed by atoms with Crippen LogP contribution < -0.4 is 4.72 Å². The number of amides is 1. The summed E-state index contributed by atoms with van der Waals surface area (Å²) in [7, 11) is -3.36. The van der Waals surface area contributed by atoms with Crippen molar-refractivity contribution in [3.63, 3.8) is 0 Å². The summed E-state index contributed by atoms with van der Waals surface area (Å²) in [4.78, 5) is 13.3. The fourth-order valence-corrected chi connectivity index (χ4v) is 4.89. The molecule has 1 atom stereocenters. The Morgan fingerprint density at radius 3 is 2.47 bits per heavy atom. The molecule has 0 saturated heterocycles. The molecule has 4 rings (SSSR count). The van der Waals surface area contributed by atoms with Gasteiger partial charge in [0.25, 0.3) is 0 Å². The summed E-state index contributed by atoms with van der Waals surface area (Å²) in [6.07, 6.45) is 6.96. The number of benzene rings is 2. The molecule has 1 aliphatic heterocycles. The lowest BCUT2D eigenvalue weighted by Crippen LogP contribution is -2.33. The molecule has 1 aliphatic carbocycles. The van der Waals surface area contributed by atoms with Crippen molar-refractivity contribution in [2.75, 3.05) is 11.0 Å². The number of carbonyl (C=O) groups is 1. The predicted molar refractivity (Wildman–Crippen MR) is 119 cm³/mol. The van der Waals surface area contributed by atoms with Crippen molar-refractivity contribution in [3.05, 3.63) is 65.7 Å². The van der Waals surface area contributed by atoms with Crippen molar-refractivity contribution in [2.24, 2.45) is 11.0 Å². The average molecular weight is 426 g/mol. The molecule has 2 aliphatic rings. The number of hydrogen-bond donors (Lipinski definition) is 1.